The summed E-state index contributed by atoms with van der Waals surface area (Å²) < 4.78 is 0. The molecular weight excluding hydrogens is 370 g/mol. The first kappa shape index (κ1) is 19.1. The molecule has 30 heavy (non-hydrogen) atoms. The summed E-state index contributed by atoms with van der Waals surface area (Å²) in [6.45, 7) is 6.78. The maximum atomic E-state index is 12.1. The molecule has 3 heterocycles. The number of nitrogens with zero attached hydrogens (tertiary/aromatic N) is 2. The third-order valence-electron chi connectivity index (χ3n) is 6.83. The number of hydrogen-bond acceptors (Lipinski definition) is 3. The molecule has 0 bridgehead atoms. The molecule has 5 rings (SSSR count). The van der Waals surface area contributed by atoms with Gasteiger partial charge in [-0.1, -0.05) is 19.9 Å². The topological polar surface area (TPSA) is 44.7 Å². The van der Waals surface area contributed by atoms with E-state index in [1.54, 1.807) is 7.05 Å². The number of allylic oxidation sites excluding steroid dienone is 1. The van der Waals surface area contributed by atoms with E-state index in [9.17, 15) is 4.79 Å². The van der Waals surface area contributed by atoms with Crippen LogP contribution >= 0.6 is 0 Å². The third kappa shape index (κ3) is 3.06. The Hall–Kier alpha value is -2.88. The SMILES string of the molecule is CNC(=O)c1ccc2c(c1)C(C)(C)C(/C=C/c1cc3c4c(c1)CCCN4CCC3)=N2. The minimum Gasteiger partial charge on any atom is -0.371 e. The molecule has 0 radical (unpaired) electrons. The number of carbonyl (C=O) groups is 1. The third-order valence-corrected chi connectivity index (χ3v) is 6.83. The second-order valence-electron chi connectivity index (χ2n) is 9.15. The largest absolute Gasteiger partial charge is 0.371 e. The summed E-state index contributed by atoms with van der Waals surface area (Å²) in [5.41, 5.74) is 9.36. The molecule has 154 valence electrons. The Morgan fingerprint density at radius 2 is 1.77 bits per heavy atom. The summed E-state index contributed by atoms with van der Waals surface area (Å²) in [5.74, 6) is -0.0605. The molecule has 4 nitrogen and oxygen atoms in total. The van der Waals surface area contributed by atoms with Crippen LogP contribution in [0.5, 0.6) is 0 Å². The van der Waals surface area contributed by atoms with Gasteiger partial charge in [0.1, 0.15) is 0 Å². The van der Waals surface area contributed by atoms with Gasteiger partial charge in [0.25, 0.3) is 5.91 Å². The van der Waals surface area contributed by atoms with Gasteiger partial charge in [-0.15, -0.1) is 0 Å². The zero-order valence-electron chi connectivity index (χ0n) is 18.1. The molecule has 0 aromatic heterocycles. The van der Waals surface area contributed by atoms with E-state index < -0.39 is 0 Å². The standard InChI is InChI=1S/C26H29N3O/c1-26(2)21-16-20(25(30)27-3)9-10-22(21)28-23(26)11-8-17-14-18-6-4-12-29-13-5-7-19(15-17)24(18)29/h8-11,14-16H,4-7,12-13H2,1-3H3,(H,27,30)/b11-8+. The van der Waals surface area contributed by atoms with Gasteiger partial charge >= 0.3 is 0 Å². The normalized spacial score (nSPS) is 18.8. The van der Waals surface area contributed by atoms with E-state index in [0.717, 1.165) is 17.0 Å². The molecule has 0 spiro atoms. The Kier molecular flexibility index (Phi) is 4.53. The van der Waals surface area contributed by atoms with Crippen molar-refractivity contribution in [2.24, 2.45) is 4.99 Å². The number of aryl methyl sites for hydroxylation is 2. The van der Waals surface area contributed by atoms with Gasteiger partial charge in [0.15, 0.2) is 0 Å². The highest BCUT2D eigenvalue weighted by Crippen LogP contribution is 2.41. The Morgan fingerprint density at radius 1 is 1.07 bits per heavy atom. The molecule has 3 aliphatic rings. The zero-order chi connectivity index (χ0) is 20.9. The van der Waals surface area contributed by atoms with Crippen LogP contribution in [0, 0.1) is 0 Å². The molecule has 0 saturated heterocycles. The van der Waals surface area contributed by atoms with Crippen molar-refractivity contribution in [2.75, 3.05) is 25.0 Å². The fraction of sp³-hybridized carbons (Fsp3) is 0.385. The zero-order valence-corrected chi connectivity index (χ0v) is 18.1. The molecule has 0 saturated carbocycles. The fourth-order valence-electron chi connectivity index (χ4n) is 5.17. The van der Waals surface area contributed by atoms with Crippen molar-refractivity contribution in [1.29, 1.82) is 0 Å². The van der Waals surface area contributed by atoms with E-state index in [4.69, 9.17) is 4.99 Å². The Morgan fingerprint density at radius 3 is 2.43 bits per heavy atom. The minimum absolute atomic E-state index is 0.0605. The van der Waals surface area contributed by atoms with Crippen LogP contribution in [0.4, 0.5) is 11.4 Å². The number of rotatable bonds is 3. The maximum Gasteiger partial charge on any atom is 0.251 e. The van der Waals surface area contributed by atoms with E-state index in [1.165, 1.54) is 61.2 Å². The van der Waals surface area contributed by atoms with Crippen LogP contribution in [-0.4, -0.2) is 31.8 Å². The van der Waals surface area contributed by atoms with Crippen molar-refractivity contribution in [2.45, 2.75) is 44.9 Å². The fourth-order valence-corrected chi connectivity index (χ4v) is 5.17. The van der Waals surface area contributed by atoms with E-state index in [1.807, 2.05) is 18.2 Å². The number of carbonyl (C=O) groups excluding carboxylic acids is 1. The van der Waals surface area contributed by atoms with E-state index >= 15 is 0 Å². The number of nitrogens with one attached hydrogen (secondary N) is 1. The number of fused-ring (bicyclic) bond motifs is 1. The summed E-state index contributed by atoms with van der Waals surface area (Å²) >= 11 is 0. The van der Waals surface area contributed by atoms with Gasteiger partial charge in [-0.3, -0.25) is 9.79 Å². The lowest BCUT2D eigenvalue weighted by molar-refractivity contribution is 0.0963. The molecule has 1 amide bonds. The maximum absolute atomic E-state index is 12.1. The highest BCUT2D eigenvalue weighted by Gasteiger charge is 2.34. The molecule has 0 unspecified atom stereocenters. The van der Waals surface area contributed by atoms with Crippen LogP contribution in [0.3, 0.4) is 0 Å². The van der Waals surface area contributed by atoms with Gasteiger partial charge in [0.2, 0.25) is 0 Å². The molecule has 0 atom stereocenters. The molecule has 4 heteroatoms. The smallest absolute Gasteiger partial charge is 0.251 e. The summed E-state index contributed by atoms with van der Waals surface area (Å²) in [4.78, 5) is 19.5. The Bertz CT molecular complexity index is 1060. The number of amides is 1. The predicted octanol–water partition coefficient (Wildman–Crippen LogP) is 4.82. The van der Waals surface area contributed by atoms with Gasteiger partial charge in [-0.25, -0.2) is 0 Å². The number of hydrogen-bond donors (Lipinski definition) is 1. The molecule has 2 aromatic carbocycles. The lowest BCUT2D eigenvalue weighted by atomic mass is 9.80. The lowest BCUT2D eigenvalue weighted by Gasteiger charge is -2.37. The molecule has 0 aliphatic carbocycles. The van der Waals surface area contributed by atoms with E-state index in [2.05, 4.69) is 48.3 Å². The average Bonchev–Trinajstić information content (AvgIpc) is 3.01. The van der Waals surface area contributed by atoms with Crippen LogP contribution in [0.25, 0.3) is 6.08 Å². The van der Waals surface area contributed by atoms with Gasteiger partial charge in [-0.05, 0) is 84.3 Å². The summed E-state index contributed by atoms with van der Waals surface area (Å²) in [7, 11) is 1.66. The average molecular weight is 400 g/mol. The van der Waals surface area contributed by atoms with Crippen LogP contribution in [0.1, 0.15) is 59.3 Å². The Labute approximate surface area is 178 Å². The van der Waals surface area contributed by atoms with Crippen molar-refractivity contribution in [3.05, 3.63) is 64.2 Å². The summed E-state index contributed by atoms with van der Waals surface area (Å²) in [5, 5.41) is 2.71. The molecule has 3 aliphatic heterocycles. The van der Waals surface area contributed by atoms with Gasteiger partial charge in [0, 0.05) is 36.8 Å². The van der Waals surface area contributed by atoms with Crippen molar-refractivity contribution in [3.63, 3.8) is 0 Å². The number of benzene rings is 2. The first-order valence-electron chi connectivity index (χ1n) is 11.0. The number of anilines is 1. The summed E-state index contributed by atoms with van der Waals surface area (Å²) in [6.07, 6.45) is 9.25. The second kappa shape index (κ2) is 7.12. The van der Waals surface area contributed by atoms with Crippen molar-refractivity contribution in [1.82, 2.24) is 5.32 Å². The van der Waals surface area contributed by atoms with E-state index in [-0.39, 0.29) is 11.3 Å². The second-order valence-corrected chi connectivity index (χ2v) is 9.15. The van der Waals surface area contributed by atoms with Crippen molar-refractivity contribution < 1.29 is 4.79 Å². The number of aliphatic imine (C=N–C) groups is 1. The first-order chi connectivity index (χ1) is 14.5. The predicted molar refractivity (Wildman–Crippen MR) is 124 cm³/mol. The van der Waals surface area contributed by atoms with Crippen LogP contribution in [-0.2, 0) is 18.3 Å². The monoisotopic (exact) mass is 399 g/mol. The lowest BCUT2D eigenvalue weighted by Crippen LogP contribution is -2.34. The quantitative estimate of drug-likeness (QED) is 0.804. The van der Waals surface area contributed by atoms with Crippen molar-refractivity contribution >= 4 is 29.1 Å². The van der Waals surface area contributed by atoms with Crippen LogP contribution in [0.15, 0.2) is 41.4 Å². The molecule has 2 aromatic rings. The van der Waals surface area contributed by atoms with Gasteiger partial charge < -0.3 is 10.2 Å². The van der Waals surface area contributed by atoms with E-state index in [0.29, 0.717) is 5.56 Å². The first-order valence-corrected chi connectivity index (χ1v) is 11.0. The van der Waals surface area contributed by atoms with Gasteiger partial charge in [-0.2, -0.15) is 0 Å². The molecular formula is C26H29N3O. The van der Waals surface area contributed by atoms with Crippen LogP contribution < -0.4 is 10.2 Å². The summed E-state index contributed by atoms with van der Waals surface area (Å²) in [6, 6.07) is 10.5. The highest BCUT2D eigenvalue weighted by atomic mass is 16.1. The Balaban J connectivity index is 1.46. The van der Waals surface area contributed by atoms with Crippen molar-refractivity contribution in [3.8, 4) is 0 Å². The molecule has 0 fully saturated rings. The van der Waals surface area contributed by atoms with Crippen LogP contribution in [0.2, 0.25) is 0 Å². The highest BCUT2D eigenvalue weighted by molar-refractivity contribution is 6.11. The minimum atomic E-state index is -0.227. The van der Waals surface area contributed by atoms with Gasteiger partial charge in [0.05, 0.1) is 11.4 Å². The molecule has 1 N–H and O–H groups in total.